The van der Waals surface area contributed by atoms with E-state index in [1.807, 2.05) is 31.2 Å². The Kier molecular flexibility index (Phi) is 7.71. The first-order valence-electron chi connectivity index (χ1n) is 13.3. The summed E-state index contributed by atoms with van der Waals surface area (Å²) in [7, 11) is 0. The van der Waals surface area contributed by atoms with Crippen molar-refractivity contribution in [3.63, 3.8) is 0 Å². The number of aromatic nitrogens is 1. The number of fused-ring (bicyclic) bond motifs is 3. The van der Waals surface area contributed by atoms with Crippen molar-refractivity contribution in [2.45, 2.75) is 77.0 Å². The summed E-state index contributed by atoms with van der Waals surface area (Å²) in [5, 5.41) is 3.88. The average molecular weight is 488 g/mol. The Hall–Kier alpha value is -3.12. The number of nitrogens with one attached hydrogen (secondary N) is 1. The summed E-state index contributed by atoms with van der Waals surface area (Å²) < 4.78 is 12.7. The smallest absolute Gasteiger partial charge is 0.224 e. The van der Waals surface area contributed by atoms with Gasteiger partial charge in [0, 0.05) is 42.3 Å². The van der Waals surface area contributed by atoms with Gasteiger partial charge in [0.05, 0.1) is 5.52 Å². The van der Waals surface area contributed by atoms with E-state index in [9.17, 15) is 4.79 Å². The average Bonchev–Trinajstić information content (AvgIpc) is 3.22. The number of allylic oxidation sites excluding steroid dienone is 5. The first-order valence-corrected chi connectivity index (χ1v) is 13.3. The van der Waals surface area contributed by atoms with Crippen LogP contribution in [0.5, 0.6) is 11.5 Å². The molecule has 0 aliphatic carbocycles. The molecule has 1 amide bonds. The highest BCUT2D eigenvalue weighted by Crippen LogP contribution is 2.39. The number of ether oxygens (including phenoxy) is 2. The summed E-state index contributed by atoms with van der Waals surface area (Å²) in [5.41, 5.74) is 3.20. The monoisotopic (exact) mass is 487 g/mol. The lowest BCUT2D eigenvalue weighted by molar-refractivity contribution is -0.120. The molecule has 3 aliphatic rings. The molecule has 6 heteroatoms. The molecule has 1 aromatic carbocycles. The molecule has 6 nitrogen and oxygen atoms in total. The van der Waals surface area contributed by atoms with Crippen molar-refractivity contribution in [3.05, 3.63) is 66.0 Å². The van der Waals surface area contributed by atoms with E-state index in [-0.39, 0.29) is 12.0 Å². The first-order chi connectivity index (χ1) is 17.6. The minimum atomic E-state index is 0.00475. The number of hydrogen-bond donors (Lipinski definition) is 1. The molecule has 4 heterocycles. The predicted molar refractivity (Wildman–Crippen MR) is 143 cm³/mol. The fourth-order valence-electron chi connectivity index (χ4n) is 5.55. The highest BCUT2D eigenvalue weighted by molar-refractivity contribution is 5.88. The summed E-state index contributed by atoms with van der Waals surface area (Å²) in [6.07, 6.45) is 17.2. The van der Waals surface area contributed by atoms with Crippen LogP contribution in [0.4, 0.5) is 0 Å². The lowest BCUT2D eigenvalue weighted by Crippen LogP contribution is -2.45. The Morgan fingerprint density at radius 1 is 1.19 bits per heavy atom. The van der Waals surface area contributed by atoms with E-state index < -0.39 is 0 Å². The molecule has 1 N–H and O–H groups in total. The van der Waals surface area contributed by atoms with E-state index in [1.165, 1.54) is 18.4 Å². The molecule has 36 heavy (non-hydrogen) atoms. The zero-order valence-corrected chi connectivity index (χ0v) is 21.4. The van der Waals surface area contributed by atoms with Crippen molar-refractivity contribution < 1.29 is 14.3 Å². The Bertz CT molecular complexity index is 1190. The van der Waals surface area contributed by atoms with E-state index in [1.54, 1.807) is 6.20 Å². The van der Waals surface area contributed by atoms with Crippen LogP contribution in [0.15, 0.2) is 60.3 Å². The maximum absolute atomic E-state index is 11.7. The van der Waals surface area contributed by atoms with Crippen molar-refractivity contribution in [2.75, 3.05) is 13.2 Å². The molecule has 0 spiro atoms. The zero-order valence-electron chi connectivity index (χ0n) is 21.4. The van der Waals surface area contributed by atoms with E-state index in [2.05, 4.69) is 46.4 Å². The summed E-state index contributed by atoms with van der Waals surface area (Å²) in [6, 6.07) is 9.21. The molecule has 3 aliphatic heterocycles. The SMILES string of the molecule is Cc1ccc2c3c(ccc2n1)OC[C@H](CN1C(C)CCC1CCCC1=C/C=C/CCC(=O)NC=C1)O3. The molecule has 0 radical (unpaired) electrons. The van der Waals surface area contributed by atoms with Crippen LogP contribution < -0.4 is 14.8 Å². The molecule has 0 saturated carbocycles. The Morgan fingerprint density at radius 3 is 3.03 bits per heavy atom. The van der Waals surface area contributed by atoms with Crippen LogP contribution in [0.1, 0.15) is 57.6 Å². The van der Waals surface area contributed by atoms with Gasteiger partial charge in [0.15, 0.2) is 11.5 Å². The van der Waals surface area contributed by atoms with Crippen LogP contribution in [0.2, 0.25) is 0 Å². The summed E-state index contributed by atoms with van der Waals surface area (Å²) >= 11 is 0. The number of rotatable bonds is 6. The Labute approximate surface area is 214 Å². The van der Waals surface area contributed by atoms with E-state index in [4.69, 9.17) is 9.47 Å². The number of benzene rings is 1. The summed E-state index contributed by atoms with van der Waals surface area (Å²) in [6.45, 7) is 5.79. The number of pyridine rings is 1. The molecule has 0 bridgehead atoms. The normalized spacial score (nSPS) is 25.4. The zero-order chi connectivity index (χ0) is 24.9. The highest BCUT2D eigenvalue weighted by Gasteiger charge is 2.34. The fraction of sp³-hybridized carbons (Fsp3) is 0.467. The van der Waals surface area contributed by atoms with Crippen molar-refractivity contribution in [2.24, 2.45) is 0 Å². The van der Waals surface area contributed by atoms with E-state index >= 15 is 0 Å². The number of hydrogen-bond acceptors (Lipinski definition) is 5. The van der Waals surface area contributed by atoms with Gasteiger partial charge in [-0.1, -0.05) is 18.2 Å². The van der Waals surface area contributed by atoms with Gasteiger partial charge < -0.3 is 14.8 Å². The van der Waals surface area contributed by atoms with Crippen molar-refractivity contribution in [1.82, 2.24) is 15.2 Å². The van der Waals surface area contributed by atoms with Crippen LogP contribution in [0, 0.1) is 6.92 Å². The molecule has 5 rings (SSSR count). The second-order valence-electron chi connectivity index (χ2n) is 10.2. The molecule has 1 fully saturated rings. The van der Waals surface area contributed by atoms with E-state index in [0.29, 0.717) is 25.1 Å². The van der Waals surface area contributed by atoms with Gasteiger partial charge in [-0.25, -0.2) is 0 Å². The fourth-order valence-corrected chi connectivity index (χ4v) is 5.55. The molecule has 190 valence electrons. The van der Waals surface area contributed by atoms with Crippen LogP contribution >= 0.6 is 0 Å². The number of carbonyl (C=O) groups is 1. The summed E-state index contributed by atoms with van der Waals surface area (Å²) in [4.78, 5) is 19.0. The van der Waals surface area contributed by atoms with Crippen molar-refractivity contribution in [1.29, 1.82) is 0 Å². The molecule has 2 aromatic rings. The lowest BCUT2D eigenvalue weighted by atomic mass is 10.0. The second kappa shape index (κ2) is 11.3. The van der Waals surface area contributed by atoms with Gasteiger partial charge >= 0.3 is 0 Å². The van der Waals surface area contributed by atoms with Gasteiger partial charge in [0.25, 0.3) is 0 Å². The van der Waals surface area contributed by atoms with Gasteiger partial charge in [-0.05, 0) is 88.3 Å². The number of carbonyl (C=O) groups excluding carboxylic acids is 1. The molecule has 1 saturated heterocycles. The third-order valence-electron chi connectivity index (χ3n) is 7.53. The predicted octanol–water partition coefficient (Wildman–Crippen LogP) is 5.61. The molecular formula is C30H37N3O3. The van der Waals surface area contributed by atoms with Crippen LogP contribution in [-0.4, -0.2) is 47.1 Å². The number of nitrogens with zero attached hydrogens (tertiary/aromatic N) is 2. The first kappa shape index (κ1) is 24.6. The van der Waals surface area contributed by atoms with E-state index in [0.717, 1.165) is 60.3 Å². The van der Waals surface area contributed by atoms with Crippen molar-refractivity contribution in [3.8, 4) is 11.5 Å². The van der Waals surface area contributed by atoms with Gasteiger partial charge in [0.1, 0.15) is 12.7 Å². The maximum atomic E-state index is 11.7. The topological polar surface area (TPSA) is 63.7 Å². The highest BCUT2D eigenvalue weighted by atomic mass is 16.6. The molecular weight excluding hydrogens is 450 g/mol. The number of likely N-dealkylation sites (tertiary alicyclic amines) is 1. The van der Waals surface area contributed by atoms with Crippen molar-refractivity contribution >= 4 is 16.8 Å². The van der Waals surface area contributed by atoms with Gasteiger partial charge in [-0.15, -0.1) is 0 Å². The maximum Gasteiger partial charge on any atom is 0.224 e. The number of aryl methyl sites for hydroxylation is 1. The minimum Gasteiger partial charge on any atom is -0.486 e. The molecule has 1 aromatic heterocycles. The van der Waals surface area contributed by atoms with Gasteiger partial charge in [0.2, 0.25) is 5.91 Å². The summed E-state index contributed by atoms with van der Waals surface area (Å²) in [5.74, 6) is 1.71. The lowest BCUT2D eigenvalue weighted by Gasteiger charge is -2.34. The van der Waals surface area contributed by atoms with Crippen LogP contribution in [0.25, 0.3) is 10.9 Å². The number of amides is 1. The largest absolute Gasteiger partial charge is 0.486 e. The second-order valence-corrected chi connectivity index (χ2v) is 10.2. The molecule has 2 unspecified atom stereocenters. The Morgan fingerprint density at radius 2 is 2.11 bits per heavy atom. The Balaban J connectivity index is 1.20. The van der Waals surface area contributed by atoms with Gasteiger partial charge in [-0.3, -0.25) is 14.7 Å². The van der Waals surface area contributed by atoms with Gasteiger partial charge in [-0.2, -0.15) is 0 Å². The molecule has 3 atom stereocenters. The third kappa shape index (κ3) is 5.81. The standard InChI is InChI=1S/C30H37N3O3/c1-21-11-14-26-27(32-21)15-16-28-30(26)36-25(20-35-28)19-33-22(2)12-13-24(33)9-6-8-23-7-4-3-5-10-29(34)31-18-17-23/h3-4,7,11,14-18,22,24-25H,5-6,8-10,12-13,19-20H2,1-2H3,(H,31,34)/b4-3+,18-17?,23-7?/t22?,24?,25-/m0/s1. The third-order valence-corrected chi connectivity index (χ3v) is 7.53. The quantitative estimate of drug-likeness (QED) is 0.574. The van der Waals surface area contributed by atoms with Crippen LogP contribution in [0.3, 0.4) is 0 Å². The minimum absolute atomic E-state index is 0.00475. The van der Waals surface area contributed by atoms with Crippen LogP contribution in [-0.2, 0) is 4.79 Å².